The maximum atomic E-state index is 12.8. The molecule has 0 radical (unpaired) electrons. The molecule has 31 heavy (non-hydrogen) atoms. The van der Waals surface area contributed by atoms with Crippen molar-refractivity contribution in [3.63, 3.8) is 0 Å². The number of nitrogens with zero attached hydrogens (tertiary/aromatic N) is 1. The fourth-order valence-corrected chi connectivity index (χ4v) is 4.05. The van der Waals surface area contributed by atoms with Gasteiger partial charge in [-0.05, 0) is 36.0 Å². The molecule has 0 spiro atoms. The van der Waals surface area contributed by atoms with E-state index in [4.69, 9.17) is 16.9 Å². The van der Waals surface area contributed by atoms with E-state index in [2.05, 4.69) is 5.32 Å². The zero-order valence-electron chi connectivity index (χ0n) is 17.5. The van der Waals surface area contributed by atoms with Gasteiger partial charge in [0.25, 0.3) is 0 Å². The van der Waals surface area contributed by atoms with Crippen molar-refractivity contribution in [2.24, 2.45) is 11.5 Å². The molecule has 7 N–H and O–H groups in total. The van der Waals surface area contributed by atoms with Crippen LogP contribution in [0.2, 0.25) is 0 Å². The summed E-state index contributed by atoms with van der Waals surface area (Å²) in [5.41, 5.74) is 14.5. The number of carbonyl (C=O) groups is 2. The number of hydrogen-bond donors (Lipinski definition) is 5. The van der Waals surface area contributed by atoms with E-state index in [1.807, 2.05) is 41.3 Å². The molecule has 3 atom stereocenters. The topological polar surface area (TPSA) is 146 Å². The molecule has 164 valence electrons. The van der Waals surface area contributed by atoms with E-state index in [0.29, 0.717) is 25.1 Å². The number of nitrogen functional groups attached to an aromatic ring is 1. The quantitative estimate of drug-likeness (QED) is 0.315. The Morgan fingerprint density at radius 3 is 2.52 bits per heavy atom. The van der Waals surface area contributed by atoms with Crippen molar-refractivity contribution in [1.29, 1.82) is 5.41 Å². The van der Waals surface area contributed by atoms with Crippen LogP contribution in [0.5, 0.6) is 0 Å². The molecule has 2 aromatic carbocycles. The summed E-state index contributed by atoms with van der Waals surface area (Å²) in [6.07, 6.45) is 0.536. The molecule has 8 nitrogen and oxygen atoms in total. The maximum Gasteiger partial charge on any atom is 0.237 e. The molecule has 8 heteroatoms. The third-order valence-electron chi connectivity index (χ3n) is 5.88. The highest BCUT2D eigenvalue weighted by molar-refractivity contribution is 5.94. The van der Waals surface area contributed by atoms with Gasteiger partial charge in [-0.1, -0.05) is 48.5 Å². The van der Waals surface area contributed by atoms with Crippen molar-refractivity contribution >= 4 is 17.6 Å². The van der Waals surface area contributed by atoms with Crippen LogP contribution in [0.3, 0.4) is 0 Å². The highest BCUT2D eigenvalue weighted by atomic mass is 16.3. The fraction of sp³-hybridized carbons (Fsp3) is 0.348. The molecule has 1 aliphatic heterocycles. The number of likely N-dealkylation sites (tertiary alicyclic amines) is 1. The third-order valence-corrected chi connectivity index (χ3v) is 5.88. The molecule has 2 unspecified atom stereocenters. The van der Waals surface area contributed by atoms with Gasteiger partial charge in [0.1, 0.15) is 5.84 Å². The molecular formula is C23H29N5O3. The van der Waals surface area contributed by atoms with Gasteiger partial charge in [0, 0.05) is 18.7 Å². The number of amides is 2. The zero-order chi connectivity index (χ0) is 22.5. The number of benzene rings is 2. The molecule has 0 aliphatic carbocycles. The van der Waals surface area contributed by atoms with E-state index in [9.17, 15) is 14.7 Å². The lowest BCUT2D eigenvalue weighted by atomic mass is 9.95. The number of hydrogen-bond acceptors (Lipinski definition) is 5. The summed E-state index contributed by atoms with van der Waals surface area (Å²) in [7, 11) is 0. The second-order valence-corrected chi connectivity index (χ2v) is 7.96. The smallest absolute Gasteiger partial charge is 0.237 e. The van der Waals surface area contributed by atoms with Gasteiger partial charge >= 0.3 is 0 Å². The normalized spacial score (nSPS) is 19.7. The van der Waals surface area contributed by atoms with Crippen LogP contribution in [0.4, 0.5) is 0 Å². The summed E-state index contributed by atoms with van der Waals surface area (Å²) < 4.78 is 0. The Morgan fingerprint density at radius 2 is 1.90 bits per heavy atom. The zero-order valence-corrected chi connectivity index (χ0v) is 17.5. The number of nitrogens with two attached hydrogens (primary N) is 2. The fourth-order valence-electron chi connectivity index (χ4n) is 4.05. The number of rotatable bonds is 8. The molecule has 1 fully saturated rings. The number of primary amides is 1. The minimum Gasteiger partial charge on any atom is -0.392 e. The molecule has 0 saturated carbocycles. The molecule has 0 bridgehead atoms. The lowest BCUT2D eigenvalue weighted by Crippen LogP contribution is -2.51. The van der Waals surface area contributed by atoms with E-state index >= 15 is 0 Å². The van der Waals surface area contributed by atoms with Gasteiger partial charge in [-0.3, -0.25) is 19.9 Å². The van der Waals surface area contributed by atoms with Gasteiger partial charge in [0.15, 0.2) is 0 Å². The van der Waals surface area contributed by atoms with Crippen LogP contribution in [0, 0.1) is 5.41 Å². The van der Waals surface area contributed by atoms with Crippen LogP contribution in [-0.4, -0.2) is 46.3 Å². The third kappa shape index (κ3) is 5.28. The first-order chi connectivity index (χ1) is 14.8. The number of carbonyl (C=O) groups excluding carboxylic acids is 2. The number of nitrogens with one attached hydrogen (secondary N) is 2. The van der Waals surface area contributed by atoms with E-state index < -0.39 is 18.0 Å². The van der Waals surface area contributed by atoms with Crippen molar-refractivity contribution in [1.82, 2.24) is 10.2 Å². The summed E-state index contributed by atoms with van der Waals surface area (Å²) >= 11 is 0. The maximum absolute atomic E-state index is 12.8. The first-order valence-electron chi connectivity index (χ1n) is 10.3. The standard InChI is InChI=1S/C23H29N5O3/c1-14(23(31)27-11-15-5-7-17(8-6-15)21(24)25)28-12-19(10-20(28)22(26)30)18-4-2-3-16(9-18)13-29/h2-9,14,19-20,29H,10-13H2,1H3,(H3,24,25)(H2,26,30)(H,27,31)/t14-,19?,20?/m0/s1. The molecular weight excluding hydrogens is 394 g/mol. The lowest BCUT2D eigenvalue weighted by Gasteiger charge is -2.28. The summed E-state index contributed by atoms with van der Waals surface area (Å²) in [5.74, 6) is -0.583. The predicted molar refractivity (Wildman–Crippen MR) is 118 cm³/mol. The Bertz CT molecular complexity index is 960. The van der Waals surface area contributed by atoms with Gasteiger partial charge in [0.2, 0.25) is 11.8 Å². The van der Waals surface area contributed by atoms with Gasteiger partial charge in [-0.15, -0.1) is 0 Å². The Kier molecular flexibility index (Phi) is 7.04. The molecule has 1 heterocycles. The van der Waals surface area contributed by atoms with Crippen molar-refractivity contribution in [2.45, 2.75) is 44.5 Å². The highest BCUT2D eigenvalue weighted by Gasteiger charge is 2.40. The van der Waals surface area contributed by atoms with E-state index in [1.54, 1.807) is 19.1 Å². The number of amidine groups is 1. The first-order valence-corrected chi connectivity index (χ1v) is 10.3. The minimum atomic E-state index is -0.529. The Labute approximate surface area is 181 Å². The monoisotopic (exact) mass is 423 g/mol. The first kappa shape index (κ1) is 22.5. The SMILES string of the molecule is C[C@@H](C(=O)NCc1ccc(C(=N)N)cc1)N1CC(c2cccc(CO)c2)CC1C(N)=O. The van der Waals surface area contributed by atoms with Crippen LogP contribution in [0.1, 0.15) is 41.5 Å². The molecule has 1 aliphatic rings. The summed E-state index contributed by atoms with van der Waals surface area (Å²) in [5, 5.41) is 19.7. The van der Waals surface area contributed by atoms with E-state index in [0.717, 1.165) is 16.7 Å². The van der Waals surface area contributed by atoms with Crippen molar-refractivity contribution in [2.75, 3.05) is 6.54 Å². The average Bonchev–Trinajstić information content (AvgIpc) is 3.23. The van der Waals surface area contributed by atoms with Crippen molar-refractivity contribution in [3.05, 3.63) is 70.8 Å². The molecule has 2 amide bonds. The van der Waals surface area contributed by atoms with Crippen LogP contribution in [0.15, 0.2) is 48.5 Å². The number of aliphatic hydroxyl groups excluding tert-OH is 1. The molecule has 2 aromatic rings. The average molecular weight is 424 g/mol. The minimum absolute atomic E-state index is 0.00480. The summed E-state index contributed by atoms with van der Waals surface area (Å²) in [6.45, 7) is 2.59. The summed E-state index contributed by atoms with van der Waals surface area (Å²) in [4.78, 5) is 26.7. The Balaban J connectivity index is 1.66. The van der Waals surface area contributed by atoms with E-state index in [-0.39, 0.29) is 24.3 Å². The van der Waals surface area contributed by atoms with Crippen molar-refractivity contribution < 1.29 is 14.7 Å². The second kappa shape index (κ2) is 9.72. The van der Waals surface area contributed by atoms with Gasteiger partial charge in [-0.25, -0.2) is 0 Å². The molecule has 1 saturated heterocycles. The molecule has 0 aromatic heterocycles. The van der Waals surface area contributed by atoms with Crippen LogP contribution in [0.25, 0.3) is 0 Å². The Hall–Kier alpha value is -3.23. The largest absolute Gasteiger partial charge is 0.392 e. The van der Waals surface area contributed by atoms with Crippen LogP contribution in [-0.2, 0) is 22.7 Å². The highest BCUT2D eigenvalue weighted by Crippen LogP contribution is 2.33. The van der Waals surface area contributed by atoms with Crippen LogP contribution >= 0.6 is 0 Å². The van der Waals surface area contributed by atoms with E-state index in [1.165, 1.54) is 0 Å². The van der Waals surface area contributed by atoms with Gasteiger partial charge in [0.05, 0.1) is 18.7 Å². The van der Waals surface area contributed by atoms with Gasteiger partial charge in [-0.2, -0.15) is 0 Å². The predicted octanol–water partition coefficient (Wildman–Crippen LogP) is 0.811. The second-order valence-electron chi connectivity index (χ2n) is 7.96. The van der Waals surface area contributed by atoms with Gasteiger partial charge < -0.3 is 21.9 Å². The number of aliphatic hydroxyl groups is 1. The Morgan fingerprint density at radius 1 is 1.19 bits per heavy atom. The lowest BCUT2D eigenvalue weighted by molar-refractivity contribution is -0.129. The van der Waals surface area contributed by atoms with Crippen molar-refractivity contribution in [3.8, 4) is 0 Å². The van der Waals surface area contributed by atoms with Crippen LogP contribution < -0.4 is 16.8 Å². The molecule has 3 rings (SSSR count). The summed E-state index contributed by atoms with van der Waals surface area (Å²) in [6, 6.07) is 13.7.